The average molecular weight is 993 g/mol. The first-order chi connectivity index (χ1) is 30.6. The van der Waals surface area contributed by atoms with Crippen molar-refractivity contribution in [2.75, 3.05) is 24.7 Å². The van der Waals surface area contributed by atoms with E-state index in [0.29, 0.717) is 35.5 Å². The first-order valence-electron chi connectivity index (χ1n) is 22.1. The minimum absolute atomic E-state index is 0.0978. The van der Waals surface area contributed by atoms with Gasteiger partial charge in [-0.05, 0) is 123 Å². The molecule has 0 aliphatic heterocycles. The van der Waals surface area contributed by atoms with E-state index in [9.17, 15) is 43.3 Å². The molecule has 0 saturated heterocycles. The summed E-state index contributed by atoms with van der Waals surface area (Å²) >= 11 is 0. The summed E-state index contributed by atoms with van der Waals surface area (Å²) in [6.45, 7) is 21.9. The molecule has 0 bridgehead atoms. The number of ether oxygens (including phenoxy) is 2. The summed E-state index contributed by atoms with van der Waals surface area (Å²) in [7, 11) is -13.0. The van der Waals surface area contributed by atoms with Gasteiger partial charge >= 0.3 is 11.9 Å². The summed E-state index contributed by atoms with van der Waals surface area (Å²) < 4.78 is 105. The van der Waals surface area contributed by atoms with Crippen LogP contribution in [-0.4, -0.2) is 80.8 Å². The first-order valence-corrected chi connectivity index (χ1v) is 28.5. The van der Waals surface area contributed by atoms with Crippen molar-refractivity contribution in [1.82, 2.24) is 0 Å². The van der Waals surface area contributed by atoms with Crippen LogP contribution in [0, 0.1) is 32.1 Å². The Morgan fingerprint density at radius 1 is 0.485 bits per heavy atom. The molecular weight excluding hydrogens is 921 g/mol. The number of esters is 2. The number of carbonyl (C=O) groups excluding carboxylic acids is 2. The van der Waals surface area contributed by atoms with Crippen LogP contribution in [0.5, 0.6) is 0 Å². The number of aryl methyl sites for hydroxylation is 3. The fraction of sp³-hybridized carbons (Fsp3) is 0.480. The number of benzene rings is 4. The Bertz CT molecular complexity index is 2540. The second-order valence-corrected chi connectivity index (χ2v) is 25.7. The van der Waals surface area contributed by atoms with Gasteiger partial charge in [0.05, 0.1) is 52.9 Å². The molecule has 0 heterocycles. The van der Waals surface area contributed by atoms with Gasteiger partial charge in [0.1, 0.15) is 13.2 Å². The number of rotatable bonds is 18. The molecule has 3 atom stereocenters. The topological polar surface area (TPSA) is 189 Å². The van der Waals surface area contributed by atoms with Crippen molar-refractivity contribution in [1.29, 1.82) is 0 Å². The van der Waals surface area contributed by atoms with Gasteiger partial charge in [-0.15, -0.1) is 0 Å². The van der Waals surface area contributed by atoms with Gasteiger partial charge in [0, 0.05) is 0 Å². The molecule has 0 N–H and O–H groups in total. The van der Waals surface area contributed by atoms with E-state index in [1.807, 2.05) is 66.7 Å². The van der Waals surface area contributed by atoms with Gasteiger partial charge in [-0.25, -0.2) is 33.7 Å². The number of sulfone groups is 4. The lowest BCUT2D eigenvalue weighted by Crippen LogP contribution is -2.27. The van der Waals surface area contributed by atoms with Crippen LogP contribution in [0.2, 0.25) is 0 Å². The monoisotopic (exact) mass is 992 g/mol. The Labute approximate surface area is 396 Å². The maximum absolute atomic E-state index is 12.1. The molecule has 4 aromatic rings. The number of hydrogen-bond acceptors (Lipinski definition) is 12. The van der Waals surface area contributed by atoms with E-state index >= 15 is 0 Å². The van der Waals surface area contributed by atoms with Gasteiger partial charge in [-0.1, -0.05) is 106 Å². The second-order valence-electron chi connectivity index (χ2n) is 16.8. The minimum Gasteiger partial charge on any atom is -0.464 e. The average Bonchev–Trinajstić information content (AvgIpc) is 3.29. The zero-order valence-electron chi connectivity index (χ0n) is 40.7. The zero-order chi connectivity index (χ0) is 50.5. The molecule has 0 aromatic heterocycles. The van der Waals surface area contributed by atoms with E-state index in [0.717, 1.165) is 16.7 Å². The molecule has 4 rings (SSSR count). The van der Waals surface area contributed by atoms with Crippen molar-refractivity contribution in [3.05, 3.63) is 120 Å². The van der Waals surface area contributed by atoms with Gasteiger partial charge in [-0.3, -0.25) is 9.59 Å². The van der Waals surface area contributed by atoms with E-state index in [2.05, 4.69) is 0 Å². The largest absolute Gasteiger partial charge is 0.464 e. The molecule has 4 aromatic carbocycles. The van der Waals surface area contributed by atoms with Crippen molar-refractivity contribution in [2.45, 2.75) is 139 Å². The molecule has 3 unspecified atom stereocenters. The molecule has 0 amide bonds. The van der Waals surface area contributed by atoms with Crippen LogP contribution in [0.4, 0.5) is 0 Å². The predicted molar refractivity (Wildman–Crippen MR) is 263 cm³/mol. The summed E-state index contributed by atoms with van der Waals surface area (Å²) in [4.78, 5) is 24.5. The molecule has 0 saturated carbocycles. The molecule has 0 aliphatic rings. The van der Waals surface area contributed by atoms with Gasteiger partial charge in [0.2, 0.25) is 0 Å². The highest BCUT2D eigenvalue weighted by molar-refractivity contribution is 7.92. The SMILES string of the molecule is CCC(C)(C)C(=O)OCCS(=O)(=O)c1ccc(C)cc1.CCC(C)C(=O)OCCS(=O)(=O)c1ccc(C)cc1.CCC(C)S(=O)(=O)c1ccc(C)cc1.CCC(C)S(=O)(=O)c1ccccc1. The fourth-order valence-corrected chi connectivity index (χ4v) is 10.2. The molecular formula is C50H72O12S4. The summed E-state index contributed by atoms with van der Waals surface area (Å²) in [6.07, 6.45) is 2.63. The highest BCUT2D eigenvalue weighted by atomic mass is 32.2. The van der Waals surface area contributed by atoms with E-state index in [4.69, 9.17) is 9.47 Å². The van der Waals surface area contributed by atoms with Crippen LogP contribution in [0.15, 0.2) is 123 Å². The van der Waals surface area contributed by atoms with Crippen LogP contribution in [0.25, 0.3) is 0 Å². The van der Waals surface area contributed by atoms with Crippen LogP contribution >= 0.6 is 0 Å². The third kappa shape index (κ3) is 19.5. The highest BCUT2D eigenvalue weighted by Gasteiger charge is 2.28. The maximum Gasteiger partial charge on any atom is 0.311 e. The Morgan fingerprint density at radius 3 is 1.15 bits per heavy atom. The maximum atomic E-state index is 12.1. The Hall–Kier alpha value is -4.38. The molecule has 0 fully saturated rings. The predicted octanol–water partition coefficient (Wildman–Crippen LogP) is 9.93. The smallest absolute Gasteiger partial charge is 0.311 e. The third-order valence-corrected chi connectivity index (χ3v) is 19.1. The van der Waals surface area contributed by atoms with Gasteiger partial charge < -0.3 is 9.47 Å². The van der Waals surface area contributed by atoms with Crippen molar-refractivity contribution in [3.63, 3.8) is 0 Å². The number of carbonyl (C=O) groups is 2. The van der Waals surface area contributed by atoms with E-state index in [1.165, 1.54) is 0 Å². The summed E-state index contributed by atoms with van der Waals surface area (Å²) in [6, 6.07) is 28.9. The number of hydrogen-bond donors (Lipinski definition) is 0. The lowest BCUT2D eigenvalue weighted by molar-refractivity contribution is -0.153. The summed E-state index contributed by atoms with van der Waals surface area (Å²) in [5.41, 5.74) is 2.50. The van der Waals surface area contributed by atoms with E-state index < -0.39 is 44.8 Å². The van der Waals surface area contributed by atoms with E-state index in [1.54, 1.807) is 120 Å². The van der Waals surface area contributed by atoms with Crippen LogP contribution in [0.1, 0.15) is 105 Å². The van der Waals surface area contributed by atoms with E-state index in [-0.39, 0.29) is 62.9 Å². The molecule has 0 aliphatic carbocycles. The van der Waals surface area contributed by atoms with Crippen LogP contribution < -0.4 is 0 Å². The lowest BCUT2D eigenvalue weighted by Gasteiger charge is -2.20. The molecule has 368 valence electrons. The zero-order valence-corrected chi connectivity index (χ0v) is 44.0. The molecule has 12 nitrogen and oxygen atoms in total. The normalized spacial score (nSPS) is 13.2. The Morgan fingerprint density at radius 2 is 0.818 bits per heavy atom. The standard InChI is InChI=1S/C15H22O4S.C14H20O4S.C11H16O2S.C10H14O2S/c1-5-15(3,4)14(16)19-10-11-20(17,18)13-8-6-12(2)7-9-13;1-4-12(3)14(15)18-9-10-19(16,17)13-7-5-11(2)6-8-13;1-4-10(3)14(12,13)11-7-5-9(2)6-8-11;1-3-9(2)13(11,12)10-7-5-4-6-8-10/h6-9H,5,10-11H2,1-4H3;5-8,12H,4,9-10H2,1-3H3;5-8,10H,4H2,1-3H3;4-9H,3H2,1-2H3. The summed E-state index contributed by atoms with van der Waals surface area (Å²) in [5.74, 6) is -1.28. The minimum atomic E-state index is -3.40. The quantitative estimate of drug-likeness (QED) is 0.0860. The van der Waals surface area contributed by atoms with Crippen molar-refractivity contribution in [3.8, 4) is 0 Å². The van der Waals surface area contributed by atoms with Crippen molar-refractivity contribution >= 4 is 51.3 Å². The fourth-order valence-electron chi connectivity index (χ4n) is 5.11. The summed E-state index contributed by atoms with van der Waals surface area (Å²) in [5, 5.41) is -0.597. The molecule has 0 radical (unpaired) electrons. The highest BCUT2D eigenvalue weighted by Crippen LogP contribution is 2.22. The van der Waals surface area contributed by atoms with Gasteiger partial charge in [0.15, 0.2) is 39.3 Å². The third-order valence-electron chi connectivity index (χ3n) is 11.0. The van der Waals surface area contributed by atoms with Crippen molar-refractivity contribution < 1.29 is 52.7 Å². The second kappa shape index (κ2) is 27.4. The van der Waals surface area contributed by atoms with Crippen LogP contribution in [-0.2, 0) is 58.4 Å². The first kappa shape index (κ1) is 59.6. The molecule has 66 heavy (non-hydrogen) atoms. The molecule has 0 spiro atoms. The Kier molecular flexibility index (Phi) is 24.8. The lowest BCUT2D eigenvalue weighted by atomic mass is 9.91. The van der Waals surface area contributed by atoms with Gasteiger partial charge in [0.25, 0.3) is 0 Å². The Balaban J connectivity index is 0.000000447. The van der Waals surface area contributed by atoms with Crippen LogP contribution in [0.3, 0.4) is 0 Å². The molecule has 16 heteroatoms. The van der Waals surface area contributed by atoms with Gasteiger partial charge in [-0.2, -0.15) is 0 Å². The van der Waals surface area contributed by atoms with Crippen molar-refractivity contribution in [2.24, 2.45) is 11.3 Å².